The predicted octanol–water partition coefficient (Wildman–Crippen LogP) is 0.481. The molecule has 2 nitrogen and oxygen atoms in total. The summed E-state index contributed by atoms with van der Waals surface area (Å²) in [4.78, 5) is 9.37. The zero-order valence-corrected chi connectivity index (χ0v) is 3.06. The molecule has 0 unspecified atom stereocenters. The van der Waals surface area contributed by atoms with Crippen molar-refractivity contribution in [1.29, 1.82) is 0 Å². The van der Waals surface area contributed by atoms with E-state index in [4.69, 9.17) is 5.11 Å². The summed E-state index contributed by atoms with van der Waals surface area (Å²) in [6.07, 6.45) is 0.222. The normalized spacial score (nSPS) is 7.40. The molecule has 0 saturated heterocycles. The molecule has 0 amide bonds. The van der Waals surface area contributed by atoms with Crippen LogP contribution in [0.3, 0.4) is 0 Å². The van der Waals surface area contributed by atoms with Gasteiger partial charge in [0.05, 0.1) is 0 Å². The lowest BCUT2D eigenvalue weighted by atomic mass is 11.2. The Morgan fingerprint density at radius 1 is 2.00 bits per heavy atom. The highest BCUT2D eigenvalue weighted by Crippen LogP contribution is 1.67. The van der Waals surface area contributed by atoms with Gasteiger partial charge in [0.1, 0.15) is 0 Å². The number of aliphatic carboxylic acids is 1. The van der Waals surface area contributed by atoms with Crippen LogP contribution in [0.1, 0.15) is 13.3 Å². The molecule has 0 heterocycles. The minimum Gasteiger partial charge on any atom is -0.481 e. The number of carboxylic acids is 1. The summed E-state index contributed by atoms with van der Waals surface area (Å²) in [6, 6.07) is 0. The van der Waals surface area contributed by atoms with Crippen molar-refractivity contribution in [3.8, 4) is 0 Å². The molecule has 0 aliphatic rings. The first kappa shape index (κ1) is 4.47. The van der Waals surface area contributed by atoms with Gasteiger partial charge < -0.3 is 5.11 Å². The topological polar surface area (TPSA) is 37.3 Å². The molecule has 30 valence electrons. The van der Waals surface area contributed by atoms with Crippen molar-refractivity contribution in [2.75, 3.05) is 0 Å². The third-order valence-electron chi connectivity index (χ3n) is 0.302. The van der Waals surface area contributed by atoms with Gasteiger partial charge in [-0.15, -0.1) is 0 Å². The smallest absolute Gasteiger partial charge is 0.303 e. The molecule has 0 aromatic heterocycles. The van der Waals surface area contributed by atoms with Crippen LogP contribution in [0.15, 0.2) is 0 Å². The highest BCUT2D eigenvalue weighted by atomic mass is 16.5. The molecule has 2 heteroatoms. The Labute approximate surface area is 30.4 Å². The second kappa shape index (κ2) is 1.76. The molecular formula is C3H6O2. The van der Waals surface area contributed by atoms with Gasteiger partial charge in [-0.25, -0.2) is 0 Å². The lowest BCUT2D eigenvalue weighted by molar-refractivity contribution is -0.136. The second-order valence-electron chi connectivity index (χ2n) is 0.747. The Morgan fingerprint density at radius 2 is 2.20 bits per heavy atom. The molecule has 0 spiro atoms. The Hall–Kier alpha value is -0.530. The lowest BCUT2D eigenvalue weighted by Gasteiger charge is -1.71. The standard InChI is InChI=1S/C3H6O2/c1-2-3(4)5/h2H2,1H3,(H,4,5)/i2+1,3+1. The molecular weight excluding hydrogens is 70.0 g/mol. The van der Waals surface area contributed by atoms with Crippen molar-refractivity contribution in [3.05, 3.63) is 0 Å². The van der Waals surface area contributed by atoms with E-state index in [0.717, 1.165) is 0 Å². The largest absolute Gasteiger partial charge is 0.481 e. The third kappa shape index (κ3) is 3.47. The van der Waals surface area contributed by atoms with Crippen molar-refractivity contribution in [2.45, 2.75) is 13.3 Å². The van der Waals surface area contributed by atoms with Gasteiger partial charge in [0.25, 0.3) is 0 Å². The van der Waals surface area contributed by atoms with Gasteiger partial charge in [-0.3, -0.25) is 4.79 Å². The highest BCUT2D eigenvalue weighted by Gasteiger charge is 1.80. The van der Waals surface area contributed by atoms with Crippen LogP contribution in [-0.4, -0.2) is 11.1 Å². The van der Waals surface area contributed by atoms with Crippen LogP contribution >= 0.6 is 0 Å². The minimum absolute atomic E-state index is 0.222. The van der Waals surface area contributed by atoms with Gasteiger partial charge in [-0.05, 0) is 0 Å². The number of rotatable bonds is 1. The van der Waals surface area contributed by atoms with E-state index in [-0.39, 0.29) is 6.42 Å². The second-order valence-corrected chi connectivity index (χ2v) is 0.747. The van der Waals surface area contributed by atoms with E-state index in [2.05, 4.69) is 0 Å². The molecule has 0 radical (unpaired) electrons. The average molecular weight is 76.1 g/mol. The molecule has 5 heavy (non-hydrogen) atoms. The molecule has 0 rings (SSSR count). The molecule has 0 fully saturated rings. The van der Waals surface area contributed by atoms with Crippen LogP contribution in [0.4, 0.5) is 0 Å². The van der Waals surface area contributed by atoms with Gasteiger partial charge in [-0.2, -0.15) is 0 Å². The van der Waals surface area contributed by atoms with Crippen molar-refractivity contribution in [1.82, 2.24) is 0 Å². The molecule has 0 aliphatic carbocycles. The van der Waals surface area contributed by atoms with E-state index in [0.29, 0.717) is 0 Å². The van der Waals surface area contributed by atoms with Crippen LogP contribution in [0.5, 0.6) is 0 Å². The summed E-state index contributed by atoms with van der Waals surface area (Å²) >= 11 is 0. The molecule has 0 atom stereocenters. The maximum atomic E-state index is 9.37. The fourth-order valence-electron chi connectivity index (χ4n) is 0. The molecule has 0 aliphatic heterocycles. The fraction of sp³-hybridized carbons (Fsp3) is 0.667. The number of carboxylic acid groups (broad SMARTS) is 1. The summed E-state index contributed by atoms with van der Waals surface area (Å²) in [5, 5.41) is 7.72. The zero-order chi connectivity index (χ0) is 4.28. The monoisotopic (exact) mass is 76.0 g/mol. The van der Waals surface area contributed by atoms with Crippen molar-refractivity contribution in [3.63, 3.8) is 0 Å². The maximum absolute atomic E-state index is 9.37. The first-order valence-electron chi connectivity index (χ1n) is 1.49. The number of carbonyl (C=O) groups is 1. The lowest BCUT2D eigenvalue weighted by Crippen LogP contribution is -1.86. The van der Waals surface area contributed by atoms with E-state index in [1.54, 1.807) is 6.92 Å². The van der Waals surface area contributed by atoms with Gasteiger partial charge in [0.15, 0.2) is 0 Å². The molecule has 1 N–H and O–H groups in total. The SMILES string of the molecule is C[13CH2][13C](=O)O. The third-order valence-corrected chi connectivity index (χ3v) is 0.302. The first-order valence-corrected chi connectivity index (χ1v) is 1.49. The maximum Gasteiger partial charge on any atom is 0.303 e. The summed E-state index contributed by atoms with van der Waals surface area (Å²) in [5.41, 5.74) is 0. The Morgan fingerprint density at radius 3 is 2.20 bits per heavy atom. The highest BCUT2D eigenvalue weighted by molar-refractivity contribution is 5.66. The zero-order valence-electron chi connectivity index (χ0n) is 3.06. The summed E-state index contributed by atoms with van der Waals surface area (Å²) in [6.45, 7) is 1.60. The van der Waals surface area contributed by atoms with E-state index in [1.165, 1.54) is 0 Å². The number of hydrogen-bond acceptors (Lipinski definition) is 1. The van der Waals surface area contributed by atoms with E-state index in [1.807, 2.05) is 0 Å². The Balaban J connectivity index is 2.85. The van der Waals surface area contributed by atoms with Gasteiger partial charge >= 0.3 is 5.97 Å². The van der Waals surface area contributed by atoms with Crippen molar-refractivity contribution >= 4 is 5.97 Å². The van der Waals surface area contributed by atoms with Gasteiger partial charge in [0.2, 0.25) is 0 Å². The molecule has 0 aromatic rings. The van der Waals surface area contributed by atoms with Gasteiger partial charge in [-0.1, -0.05) is 6.92 Å². The van der Waals surface area contributed by atoms with E-state index < -0.39 is 5.97 Å². The minimum atomic E-state index is -0.745. The number of hydrogen-bond donors (Lipinski definition) is 1. The molecule has 0 bridgehead atoms. The van der Waals surface area contributed by atoms with Gasteiger partial charge in [0, 0.05) is 6.42 Å². The Kier molecular flexibility index (Phi) is 1.57. The van der Waals surface area contributed by atoms with Crippen molar-refractivity contribution < 1.29 is 9.90 Å². The van der Waals surface area contributed by atoms with Crippen LogP contribution in [0, 0.1) is 0 Å². The molecule has 0 saturated carbocycles. The van der Waals surface area contributed by atoms with E-state index in [9.17, 15) is 4.79 Å². The predicted molar refractivity (Wildman–Crippen MR) is 17.9 cm³/mol. The summed E-state index contributed by atoms with van der Waals surface area (Å²) in [7, 11) is 0. The van der Waals surface area contributed by atoms with Crippen molar-refractivity contribution in [2.24, 2.45) is 0 Å². The fourth-order valence-corrected chi connectivity index (χ4v) is 0. The summed E-state index contributed by atoms with van der Waals surface area (Å²) in [5.74, 6) is -0.745. The van der Waals surface area contributed by atoms with Crippen LogP contribution < -0.4 is 0 Å². The first-order chi connectivity index (χ1) is 2.27. The Bertz CT molecular complexity index is 40.2. The van der Waals surface area contributed by atoms with Crippen LogP contribution in [0.2, 0.25) is 0 Å². The van der Waals surface area contributed by atoms with Crippen LogP contribution in [0.25, 0.3) is 0 Å². The molecule has 0 aromatic carbocycles. The van der Waals surface area contributed by atoms with E-state index >= 15 is 0 Å². The quantitative estimate of drug-likeness (QED) is 0.461. The van der Waals surface area contributed by atoms with Crippen LogP contribution in [-0.2, 0) is 4.79 Å². The summed E-state index contributed by atoms with van der Waals surface area (Å²) < 4.78 is 0. The average Bonchev–Trinajstić information content (AvgIpc) is 1.38.